The van der Waals surface area contributed by atoms with Gasteiger partial charge in [-0.3, -0.25) is 0 Å². The lowest BCUT2D eigenvalue weighted by atomic mass is 9.79. The Morgan fingerprint density at radius 2 is 0.933 bits per heavy atom. The van der Waals surface area contributed by atoms with Crippen molar-refractivity contribution in [3.63, 3.8) is 0 Å². The zero-order valence-electron chi connectivity index (χ0n) is 34.3. The van der Waals surface area contributed by atoms with Gasteiger partial charge in [0, 0.05) is 44.1 Å². The van der Waals surface area contributed by atoms with E-state index in [0.29, 0.717) is 0 Å². The maximum atomic E-state index is 6.64. The summed E-state index contributed by atoms with van der Waals surface area (Å²) in [6.45, 7) is 9.46. The first kappa shape index (κ1) is 34.8. The summed E-state index contributed by atoms with van der Waals surface area (Å²) in [5.74, 6) is 0. The van der Waals surface area contributed by atoms with Crippen LogP contribution < -0.4 is 4.90 Å². The van der Waals surface area contributed by atoms with E-state index in [2.05, 4.69) is 221 Å². The van der Waals surface area contributed by atoms with Crippen molar-refractivity contribution >= 4 is 49.8 Å². The molecule has 0 N–H and O–H groups in total. The molecular formula is C58H43NO. The van der Waals surface area contributed by atoms with Gasteiger partial charge in [-0.05, 0) is 121 Å². The highest BCUT2D eigenvalue weighted by atomic mass is 16.3. The number of anilines is 3. The summed E-state index contributed by atoms with van der Waals surface area (Å²) in [5.41, 5.74) is 20.6. The molecule has 1 aromatic heterocycles. The second kappa shape index (κ2) is 12.7. The molecule has 0 spiro atoms. The number of rotatable bonds is 5. The molecule has 286 valence electrons. The van der Waals surface area contributed by atoms with Gasteiger partial charge in [-0.25, -0.2) is 0 Å². The Morgan fingerprint density at radius 1 is 0.383 bits per heavy atom. The molecule has 0 unspecified atom stereocenters. The van der Waals surface area contributed by atoms with Gasteiger partial charge in [0.25, 0.3) is 0 Å². The highest BCUT2D eigenvalue weighted by Gasteiger charge is 2.40. The zero-order chi connectivity index (χ0) is 40.3. The van der Waals surface area contributed by atoms with E-state index in [4.69, 9.17) is 4.42 Å². The quantitative estimate of drug-likeness (QED) is 0.173. The van der Waals surface area contributed by atoms with E-state index in [0.717, 1.165) is 33.6 Å². The number of fused-ring (bicyclic) bond motifs is 13. The van der Waals surface area contributed by atoms with Crippen molar-refractivity contribution in [2.45, 2.75) is 38.5 Å². The third-order valence-corrected chi connectivity index (χ3v) is 13.6. The molecule has 1 heterocycles. The lowest BCUT2D eigenvalue weighted by Crippen LogP contribution is -2.16. The summed E-state index contributed by atoms with van der Waals surface area (Å²) in [6.07, 6.45) is 0. The summed E-state index contributed by atoms with van der Waals surface area (Å²) in [5, 5.41) is 4.83. The number of hydrogen-bond donors (Lipinski definition) is 0. The molecule has 0 saturated heterocycles. The first-order chi connectivity index (χ1) is 29.3. The van der Waals surface area contributed by atoms with Gasteiger partial charge in [-0.1, -0.05) is 167 Å². The predicted molar refractivity (Wildman–Crippen MR) is 252 cm³/mol. The van der Waals surface area contributed by atoms with Crippen LogP contribution in [0.3, 0.4) is 0 Å². The first-order valence-electron chi connectivity index (χ1n) is 21.1. The Labute approximate surface area is 351 Å². The molecule has 0 fully saturated rings. The third-order valence-electron chi connectivity index (χ3n) is 13.6. The fraction of sp³-hybridized carbons (Fsp3) is 0.103. The summed E-state index contributed by atoms with van der Waals surface area (Å²) in [6, 6.07) is 69.1. The van der Waals surface area contributed by atoms with Crippen molar-refractivity contribution in [3.05, 3.63) is 210 Å². The summed E-state index contributed by atoms with van der Waals surface area (Å²) in [7, 11) is 0. The number of hydrogen-bond acceptors (Lipinski definition) is 2. The van der Waals surface area contributed by atoms with E-state index in [1.165, 1.54) is 82.9 Å². The molecule has 9 aromatic carbocycles. The van der Waals surface area contributed by atoms with E-state index in [1.54, 1.807) is 0 Å². The van der Waals surface area contributed by atoms with E-state index >= 15 is 0 Å². The van der Waals surface area contributed by atoms with E-state index < -0.39 is 0 Å². The SMILES string of the molecule is CC1(C)c2ccccc2-c2ccc(N(c3ccc(-c4ccccc4)cc3)c3ccc(-c4ccc5c(c4)-c4c(c6c7ccccc7oc6c6ccccc46)C5(C)C)cc3)cc21. The molecule has 2 aliphatic carbocycles. The fourth-order valence-corrected chi connectivity index (χ4v) is 10.7. The number of para-hydroxylation sites is 1. The van der Waals surface area contributed by atoms with Gasteiger partial charge >= 0.3 is 0 Å². The molecule has 2 nitrogen and oxygen atoms in total. The Bertz CT molecular complexity index is 3350. The summed E-state index contributed by atoms with van der Waals surface area (Å²) in [4.78, 5) is 2.41. The minimum absolute atomic E-state index is 0.100. The normalized spacial score (nSPS) is 14.3. The fourth-order valence-electron chi connectivity index (χ4n) is 10.7. The third kappa shape index (κ3) is 4.94. The van der Waals surface area contributed by atoms with Crippen LogP contribution in [0, 0.1) is 0 Å². The smallest absolute Gasteiger partial charge is 0.143 e. The van der Waals surface area contributed by atoms with Crippen LogP contribution in [0.2, 0.25) is 0 Å². The van der Waals surface area contributed by atoms with Crippen LogP contribution in [0.4, 0.5) is 17.1 Å². The second-order valence-electron chi connectivity index (χ2n) is 17.7. The molecule has 0 atom stereocenters. The number of benzene rings is 9. The largest absolute Gasteiger partial charge is 0.455 e. The Morgan fingerprint density at radius 3 is 1.68 bits per heavy atom. The van der Waals surface area contributed by atoms with Crippen LogP contribution in [0.25, 0.3) is 77.2 Å². The van der Waals surface area contributed by atoms with Crippen molar-refractivity contribution in [2.24, 2.45) is 0 Å². The van der Waals surface area contributed by atoms with Crippen LogP contribution in [-0.4, -0.2) is 0 Å². The molecule has 0 bridgehead atoms. The zero-order valence-corrected chi connectivity index (χ0v) is 34.3. The van der Waals surface area contributed by atoms with Gasteiger partial charge in [0.2, 0.25) is 0 Å². The highest BCUT2D eigenvalue weighted by molar-refractivity contribution is 6.23. The maximum absolute atomic E-state index is 6.64. The van der Waals surface area contributed by atoms with Gasteiger partial charge in [0.05, 0.1) is 0 Å². The lowest BCUT2D eigenvalue weighted by molar-refractivity contribution is 0.659. The lowest BCUT2D eigenvalue weighted by Gasteiger charge is -2.28. The molecule has 0 amide bonds. The summed E-state index contributed by atoms with van der Waals surface area (Å²) >= 11 is 0. The molecule has 2 heteroatoms. The molecule has 60 heavy (non-hydrogen) atoms. The van der Waals surface area contributed by atoms with Crippen LogP contribution >= 0.6 is 0 Å². The summed E-state index contributed by atoms with van der Waals surface area (Å²) < 4.78 is 6.64. The molecule has 12 rings (SSSR count). The minimum Gasteiger partial charge on any atom is -0.455 e. The molecule has 0 aliphatic heterocycles. The highest BCUT2D eigenvalue weighted by Crippen LogP contribution is 2.57. The van der Waals surface area contributed by atoms with E-state index in [9.17, 15) is 0 Å². The standard InChI is InChI=1S/C58H43NO/c1-57(2)49-20-12-10-16-43(49)44-32-31-42(35-51(44)57)59(40-27-22-37(23-28-40)36-14-6-5-7-15-36)41-29-24-38(25-30-41)39-26-33-50-48(34-39)53-45-17-8-9-18-46(45)56-54(55(53)58(50,3)4)47-19-11-13-21-52(47)60-56/h5-35H,1-4H3. The van der Waals surface area contributed by atoms with Gasteiger partial charge in [-0.15, -0.1) is 0 Å². The molecular weight excluding hydrogens is 727 g/mol. The predicted octanol–water partition coefficient (Wildman–Crippen LogP) is 16.2. The molecule has 0 radical (unpaired) electrons. The van der Waals surface area contributed by atoms with Crippen molar-refractivity contribution in [1.82, 2.24) is 0 Å². The Kier molecular flexibility index (Phi) is 7.36. The molecule has 2 aliphatic rings. The Balaban J connectivity index is 0.982. The monoisotopic (exact) mass is 769 g/mol. The van der Waals surface area contributed by atoms with Gasteiger partial charge in [0.1, 0.15) is 11.2 Å². The van der Waals surface area contributed by atoms with Gasteiger partial charge in [-0.2, -0.15) is 0 Å². The number of furan rings is 1. The van der Waals surface area contributed by atoms with Crippen molar-refractivity contribution < 1.29 is 4.42 Å². The second-order valence-corrected chi connectivity index (χ2v) is 17.7. The van der Waals surface area contributed by atoms with Crippen molar-refractivity contribution in [2.75, 3.05) is 4.90 Å². The number of nitrogens with zero attached hydrogens (tertiary/aromatic N) is 1. The van der Waals surface area contributed by atoms with Crippen LogP contribution in [-0.2, 0) is 10.8 Å². The first-order valence-corrected chi connectivity index (χ1v) is 21.1. The Hall–Kier alpha value is -7.16. The van der Waals surface area contributed by atoms with E-state index in [1.807, 2.05) is 0 Å². The average Bonchev–Trinajstić information content (AvgIpc) is 3.87. The van der Waals surface area contributed by atoms with Gasteiger partial charge < -0.3 is 9.32 Å². The van der Waals surface area contributed by atoms with E-state index in [-0.39, 0.29) is 10.8 Å². The topological polar surface area (TPSA) is 16.4 Å². The minimum atomic E-state index is -0.204. The molecule has 10 aromatic rings. The van der Waals surface area contributed by atoms with Crippen molar-refractivity contribution in [3.8, 4) is 44.5 Å². The maximum Gasteiger partial charge on any atom is 0.143 e. The average molecular weight is 770 g/mol. The van der Waals surface area contributed by atoms with Gasteiger partial charge in [0.15, 0.2) is 0 Å². The molecule has 0 saturated carbocycles. The van der Waals surface area contributed by atoms with Crippen molar-refractivity contribution in [1.29, 1.82) is 0 Å². The van der Waals surface area contributed by atoms with Crippen LogP contribution in [0.15, 0.2) is 192 Å². The van der Waals surface area contributed by atoms with Crippen LogP contribution in [0.5, 0.6) is 0 Å². The van der Waals surface area contributed by atoms with Crippen LogP contribution in [0.1, 0.15) is 49.9 Å².